The van der Waals surface area contributed by atoms with Crippen LogP contribution in [0.25, 0.3) is 0 Å². The molecule has 1 saturated heterocycles. The van der Waals surface area contributed by atoms with E-state index in [-0.39, 0.29) is 58.1 Å². The van der Waals surface area contributed by atoms with E-state index in [1.807, 2.05) is 58.5 Å². The number of amides is 4. The van der Waals surface area contributed by atoms with Crippen LogP contribution in [0.3, 0.4) is 0 Å². The van der Waals surface area contributed by atoms with Gasteiger partial charge in [-0.15, -0.1) is 0 Å². The van der Waals surface area contributed by atoms with E-state index in [4.69, 9.17) is 9.47 Å². The van der Waals surface area contributed by atoms with Crippen LogP contribution in [0.2, 0.25) is 0 Å². The van der Waals surface area contributed by atoms with E-state index in [2.05, 4.69) is 54.1 Å². The lowest BCUT2D eigenvalue weighted by atomic mass is 9.89. The Morgan fingerprint density at radius 2 is 1.54 bits per heavy atom. The number of hydrogen-bond donors (Lipinski definition) is 3. The Balaban J connectivity index is 0. The van der Waals surface area contributed by atoms with Gasteiger partial charge in [0.15, 0.2) is 0 Å². The van der Waals surface area contributed by atoms with Crippen molar-refractivity contribution in [1.82, 2.24) is 25.8 Å². The van der Waals surface area contributed by atoms with Crippen molar-refractivity contribution in [3.05, 3.63) is 29.8 Å². The highest BCUT2D eigenvalue weighted by atomic mass is 16.5. The van der Waals surface area contributed by atoms with Crippen molar-refractivity contribution < 1.29 is 32.9 Å². The zero-order valence-corrected chi connectivity index (χ0v) is 34.3. The van der Waals surface area contributed by atoms with Crippen LogP contribution < -0.4 is 20.9 Å². The number of ether oxygens (including phenoxy) is 2. The van der Waals surface area contributed by atoms with Crippen molar-refractivity contribution in [3.8, 4) is 0 Å². The van der Waals surface area contributed by atoms with Crippen LogP contribution in [0, 0.1) is 23.7 Å². The minimum absolute atomic E-state index is 0. The molecule has 0 saturated carbocycles. The van der Waals surface area contributed by atoms with Crippen LogP contribution in [0.1, 0.15) is 84.0 Å². The first-order valence-electron chi connectivity index (χ1n) is 19.2. The summed E-state index contributed by atoms with van der Waals surface area (Å²) in [7, 11) is 10.7. The SMILES string of the molecule is CCC(C)[C@@H]([C@@H](CC(=O)N1CCC[C@H]1[C@H](OC)[C@@H](C)C(=O)NCCc1ccc(N(C)C)cc1)OC)N(C)C(=O)[C@@H](NC(=O)[C@@H](NC)C(C)C)C(C)C.[HH].[HH].[HH]. The van der Waals surface area contributed by atoms with E-state index in [1.165, 1.54) is 0 Å². The molecule has 1 aliphatic rings. The number of nitrogens with zero attached hydrogens (tertiary/aromatic N) is 3. The van der Waals surface area contributed by atoms with Gasteiger partial charge >= 0.3 is 0 Å². The highest BCUT2D eigenvalue weighted by Gasteiger charge is 2.43. The van der Waals surface area contributed by atoms with E-state index in [0.29, 0.717) is 19.5 Å². The highest BCUT2D eigenvalue weighted by Crippen LogP contribution is 2.29. The maximum atomic E-state index is 14.1. The summed E-state index contributed by atoms with van der Waals surface area (Å²) in [4.78, 5) is 60.3. The van der Waals surface area contributed by atoms with E-state index in [9.17, 15) is 19.2 Å². The van der Waals surface area contributed by atoms with Crippen LogP contribution in [-0.4, -0.2) is 125 Å². The monoisotopic (exact) mass is 737 g/mol. The molecule has 12 nitrogen and oxygen atoms in total. The van der Waals surface area contributed by atoms with E-state index < -0.39 is 36.3 Å². The number of anilines is 1. The third-order valence-corrected chi connectivity index (χ3v) is 10.9. The number of methoxy groups -OCH3 is 2. The Labute approximate surface area is 318 Å². The van der Waals surface area contributed by atoms with Gasteiger partial charge in [-0.05, 0) is 61.8 Å². The van der Waals surface area contributed by atoms with Gasteiger partial charge in [-0.25, -0.2) is 0 Å². The lowest BCUT2D eigenvalue weighted by Gasteiger charge is -2.41. The number of carbonyl (C=O) groups excluding carboxylic acids is 4. The molecule has 52 heavy (non-hydrogen) atoms. The molecular formula is C40H76N6O6. The molecule has 2 rings (SSSR count). The molecule has 302 valence electrons. The molecule has 8 atom stereocenters. The summed E-state index contributed by atoms with van der Waals surface area (Å²) in [6.45, 7) is 14.8. The summed E-state index contributed by atoms with van der Waals surface area (Å²) < 4.78 is 12.0. The number of hydrogen-bond acceptors (Lipinski definition) is 8. The lowest BCUT2D eigenvalue weighted by molar-refractivity contribution is -0.147. The van der Waals surface area contributed by atoms with Crippen LogP contribution >= 0.6 is 0 Å². The van der Waals surface area contributed by atoms with Gasteiger partial charge in [0.05, 0.1) is 42.7 Å². The minimum atomic E-state index is -0.742. The van der Waals surface area contributed by atoms with Crippen LogP contribution in [0.4, 0.5) is 5.69 Å². The van der Waals surface area contributed by atoms with Gasteiger partial charge in [0.1, 0.15) is 6.04 Å². The maximum absolute atomic E-state index is 14.1. The number of rotatable bonds is 21. The third kappa shape index (κ3) is 11.9. The topological polar surface area (TPSA) is 133 Å². The third-order valence-electron chi connectivity index (χ3n) is 10.9. The van der Waals surface area contributed by atoms with Crippen molar-refractivity contribution in [2.75, 3.05) is 60.4 Å². The molecular weight excluding hydrogens is 660 g/mol. The molecule has 0 spiro atoms. The second-order valence-corrected chi connectivity index (χ2v) is 15.4. The zero-order valence-electron chi connectivity index (χ0n) is 34.3. The Morgan fingerprint density at radius 1 is 0.923 bits per heavy atom. The Hall–Kier alpha value is -3.22. The first kappa shape index (κ1) is 44.9. The Kier molecular flexibility index (Phi) is 18.6. The van der Waals surface area contributed by atoms with Crippen LogP contribution in [0.5, 0.6) is 0 Å². The molecule has 1 fully saturated rings. The van der Waals surface area contributed by atoms with Crippen LogP contribution in [0.15, 0.2) is 24.3 Å². The number of likely N-dealkylation sites (tertiary alicyclic amines) is 1. The second kappa shape index (κ2) is 21.5. The molecule has 1 aromatic rings. The largest absolute Gasteiger partial charge is 0.379 e. The molecule has 1 heterocycles. The van der Waals surface area contributed by atoms with Gasteiger partial charge in [0.2, 0.25) is 23.6 Å². The standard InChI is InChI=1S/C40H70N6O6.3H2/c1-14-27(6)36(45(11)40(50)35(26(4)5)43-39(49)34(41-8)25(2)3)32(51-12)24-33(47)46-23-15-16-31(46)37(52-13)28(7)38(48)42-22-21-29-17-19-30(20-18-29)44(9)10;;;/h17-20,25-28,31-32,34-37,41H,14-16,21-24H2,1-13H3,(H,42,48)(H,43,49);3*1H/t27?,28-,31+,32-,34+,35+,36+,37-;;;/m1.../s1. The van der Waals surface area contributed by atoms with Gasteiger partial charge in [0, 0.05) is 58.4 Å². The first-order valence-corrected chi connectivity index (χ1v) is 19.2. The van der Waals surface area contributed by atoms with Gasteiger partial charge in [-0.2, -0.15) is 0 Å². The number of benzene rings is 1. The van der Waals surface area contributed by atoms with Gasteiger partial charge in [0.25, 0.3) is 0 Å². The number of nitrogens with one attached hydrogen (secondary N) is 3. The summed E-state index contributed by atoms with van der Waals surface area (Å²) in [5.74, 6) is -1.22. The van der Waals surface area contributed by atoms with Gasteiger partial charge in [-0.3, -0.25) is 19.2 Å². The molecule has 1 unspecified atom stereocenters. The van der Waals surface area contributed by atoms with E-state index in [0.717, 1.165) is 30.5 Å². The fraction of sp³-hybridized carbons (Fsp3) is 0.750. The van der Waals surface area contributed by atoms with Crippen molar-refractivity contribution in [2.45, 2.75) is 117 Å². The highest BCUT2D eigenvalue weighted by molar-refractivity contribution is 5.90. The molecule has 4 amide bonds. The van der Waals surface area contributed by atoms with E-state index >= 15 is 0 Å². The van der Waals surface area contributed by atoms with E-state index in [1.54, 1.807) is 33.2 Å². The fourth-order valence-corrected chi connectivity index (χ4v) is 7.50. The molecule has 12 heteroatoms. The van der Waals surface area contributed by atoms with Crippen molar-refractivity contribution >= 4 is 29.3 Å². The average Bonchev–Trinajstić information content (AvgIpc) is 3.59. The van der Waals surface area contributed by atoms with Crippen molar-refractivity contribution in [1.29, 1.82) is 0 Å². The van der Waals surface area contributed by atoms with Crippen LogP contribution in [-0.2, 0) is 35.1 Å². The normalized spacial score (nSPS) is 18.7. The molecule has 0 bridgehead atoms. The zero-order chi connectivity index (χ0) is 39.3. The minimum Gasteiger partial charge on any atom is -0.379 e. The first-order chi connectivity index (χ1) is 24.5. The molecule has 1 aliphatic heterocycles. The smallest absolute Gasteiger partial charge is 0.245 e. The second-order valence-electron chi connectivity index (χ2n) is 15.4. The average molecular weight is 737 g/mol. The van der Waals surface area contributed by atoms with Gasteiger partial charge in [-0.1, -0.05) is 67.0 Å². The molecule has 0 aromatic heterocycles. The summed E-state index contributed by atoms with van der Waals surface area (Å²) in [5, 5.41) is 9.13. The predicted molar refractivity (Wildman–Crippen MR) is 214 cm³/mol. The fourth-order valence-electron chi connectivity index (χ4n) is 7.50. The molecule has 1 aromatic carbocycles. The molecule has 0 aliphatic carbocycles. The molecule has 3 N–H and O–H groups in total. The van der Waals surface area contributed by atoms with Gasteiger partial charge < -0.3 is 40.1 Å². The predicted octanol–water partition coefficient (Wildman–Crippen LogP) is 4.45. The summed E-state index contributed by atoms with van der Waals surface area (Å²) in [5.41, 5.74) is 2.27. The summed E-state index contributed by atoms with van der Waals surface area (Å²) in [6.07, 6.45) is 2.00. The summed E-state index contributed by atoms with van der Waals surface area (Å²) >= 11 is 0. The summed E-state index contributed by atoms with van der Waals surface area (Å²) in [6, 6.07) is 6.42. The maximum Gasteiger partial charge on any atom is 0.245 e. The van der Waals surface area contributed by atoms with Crippen molar-refractivity contribution in [3.63, 3.8) is 0 Å². The van der Waals surface area contributed by atoms with Crippen molar-refractivity contribution in [2.24, 2.45) is 23.7 Å². The number of carbonyl (C=O) groups is 4. The molecule has 0 radical (unpaired) electrons. The Bertz CT molecular complexity index is 1290. The number of likely N-dealkylation sites (N-methyl/N-ethyl adjacent to an activating group) is 2. The lowest BCUT2D eigenvalue weighted by Crippen LogP contribution is -2.59. The Morgan fingerprint density at radius 3 is 2.04 bits per heavy atom. The quantitative estimate of drug-likeness (QED) is 0.169.